The minimum Gasteiger partial charge on any atom is -0.378 e. The van der Waals surface area contributed by atoms with E-state index in [-0.39, 0.29) is 0 Å². The Morgan fingerprint density at radius 3 is 2.61 bits per heavy atom. The third-order valence-electron chi connectivity index (χ3n) is 5.68. The quantitative estimate of drug-likeness (QED) is 0.514. The van der Waals surface area contributed by atoms with E-state index in [9.17, 15) is 0 Å². The van der Waals surface area contributed by atoms with E-state index in [1.807, 2.05) is 30.7 Å². The molecule has 2 aliphatic rings. The first-order valence-corrected chi connectivity index (χ1v) is 10.6. The van der Waals surface area contributed by atoms with Gasteiger partial charge in [-0.1, -0.05) is 0 Å². The maximum atomic E-state index is 5.53. The van der Waals surface area contributed by atoms with Gasteiger partial charge in [-0.3, -0.25) is 10.1 Å². The third kappa shape index (κ3) is 3.57. The van der Waals surface area contributed by atoms with Crippen LogP contribution in [0.25, 0.3) is 33.4 Å². The summed E-state index contributed by atoms with van der Waals surface area (Å²) in [6, 6.07) is 6.55. The molecule has 2 fully saturated rings. The van der Waals surface area contributed by atoms with Crippen LogP contribution in [-0.4, -0.2) is 62.5 Å². The highest BCUT2D eigenvalue weighted by Crippen LogP contribution is 2.35. The van der Waals surface area contributed by atoms with Crippen molar-refractivity contribution in [3.8, 4) is 22.5 Å². The van der Waals surface area contributed by atoms with E-state index in [0.29, 0.717) is 25.2 Å². The van der Waals surface area contributed by atoms with Gasteiger partial charge in [0.25, 0.3) is 0 Å². The number of fused-ring (bicyclic) bond motifs is 1. The molecule has 2 N–H and O–H groups in total. The van der Waals surface area contributed by atoms with E-state index in [2.05, 4.69) is 41.4 Å². The van der Waals surface area contributed by atoms with Crippen LogP contribution in [-0.2, 0) is 4.74 Å². The molecule has 9 heteroatoms. The van der Waals surface area contributed by atoms with Crippen molar-refractivity contribution in [2.45, 2.75) is 18.9 Å². The van der Waals surface area contributed by atoms with Crippen molar-refractivity contribution in [3.63, 3.8) is 0 Å². The maximum absolute atomic E-state index is 5.53. The SMILES string of the molecule is c1cc(-c2nccc3c(-c4cnc(NC5CC5)nc4)cc(N4CCOCC4)nc23)[nH]n1. The molecular weight excluding hydrogens is 392 g/mol. The molecule has 0 spiro atoms. The van der Waals surface area contributed by atoms with Gasteiger partial charge in [0, 0.05) is 54.9 Å². The lowest BCUT2D eigenvalue weighted by Gasteiger charge is -2.28. The fourth-order valence-corrected chi connectivity index (χ4v) is 3.87. The van der Waals surface area contributed by atoms with E-state index in [1.165, 1.54) is 12.8 Å². The monoisotopic (exact) mass is 414 g/mol. The molecule has 0 unspecified atom stereocenters. The summed E-state index contributed by atoms with van der Waals surface area (Å²) in [6.45, 7) is 3.00. The second kappa shape index (κ2) is 7.59. The molecule has 0 bridgehead atoms. The molecule has 5 heterocycles. The highest BCUT2D eigenvalue weighted by atomic mass is 16.5. The van der Waals surface area contributed by atoms with Gasteiger partial charge in [0.15, 0.2) is 0 Å². The number of nitrogens with one attached hydrogen (secondary N) is 2. The van der Waals surface area contributed by atoms with E-state index in [4.69, 9.17) is 9.72 Å². The number of aromatic amines is 1. The van der Waals surface area contributed by atoms with Crippen LogP contribution in [0, 0.1) is 0 Å². The average Bonchev–Trinajstić information content (AvgIpc) is 3.47. The number of aromatic nitrogens is 6. The fraction of sp³-hybridized carbons (Fsp3) is 0.318. The molecular formula is C22H22N8O. The van der Waals surface area contributed by atoms with E-state index < -0.39 is 0 Å². The number of pyridine rings is 2. The van der Waals surface area contributed by atoms with Crippen LogP contribution in [0.3, 0.4) is 0 Å². The summed E-state index contributed by atoms with van der Waals surface area (Å²) in [6.07, 6.45) is 9.67. The molecule has 0 aromatic carbocycles. The Bertz CT molecular complexity index is 1200. The van der Waals surface area contributed by atoms with Crippen LogP contribution in [0.4, 0.5) is 11.8 Å². The first-order valence-electron chi connectivity index (χ1n) is 10.6. The Hall–Kier alpha value is -3.59. The first kappa shape index (κ1) is 18.2. The van der Waals surface area contributed by atoms with Crippen LogP contribution in [0.15, 0.2) is 43.0 Å². The Kier molecular flexibility index (Phi) is 4.45. The largest absolute Gasteiger partial charge is 0.378 e. The Morgan fingerprint density at radius 1 is 1.03 bits per heavy atom. The van der Waals surface area contributed by atoms with E-state index in [1.54, 1.807) is 6.20 Å². The van der Waals surface area contributed by atoms with Crippen LogP contribution in [0.2, 0.25) is 0 Å². The normalized spacial score (nSPS) is 16.6. The lowest BCUT2D eigenvalue weighted by Crippen LogP contribution is -2.36. The Balaban J connectivity index is 1.50. The second-order valence-electron chi connectivity index (χ2n) is 7.87. The summed E-state index contributed by atoms with van der Waals surface area (Å²) in [5, 5.41) is 11.5. The Labute approximate surface area is 178 Å². The van der Waals surface area contributed by atoms with Crippen molar-refractivity contribution < 1.29 is 4.74 Å². The van der Waals surface area contributed by atoms with Crippen LogP contribution in [0.5, 0.6) is 0 Å². The number of nitrogens with zero attached hydrogens (tertiary/aromatic N) is 6. The third-order valence-corrected chi connectivity index (χ3v) is 5.68. The zero-order chi connectivity index (χ0) is 20.6. The first-order chi connectivity index (χ1) is 15.3. The fourth-order valence-electron chi connectivity index (χ4n) is 3.87. The molecule has 6 rings (SSSR count). The van der Waals surface area contributed by atoms with Gasteiger partial charge < -0.3 is 15.0 Å². The van der Waals surface area contributed by atoms with Gasteiger partial charge in [0.1, 0.15) is 17.0 Å². The molecule has 31 heavy (non-hydrogen) atoms. The number of rotatable bonds is 5. The molecule has 9 nitrogen and oxygen atoms in total. The van der Waals surface area contributed by atoms with Crippen molar-refractivity contribution in [2.24, 2.45) is 0 Å². The molecule has 1 aliphatic heterocycles. The van der Waals surface area contributed by atoms with Gasteiger partial charge in [-0.15, -0.1) is 0 Å². The summed E-state index contributed by atoms with van der Waals surface area (Å²) in [7, 11) is 0. The van der Waals surface area contributed by atoms with Gasteiger partial charge in [-0.25, -0.2) is 15.0 Å². The second-order valence-corrected chi connectivity index (χ2v) is 7.87. The number of H-pyrrole nitrogens is 1. The van der Waals surface area contributed by atoms with Gasteiger partial charge in [0.05, 0.1) is 18.9 Å². The lowest BCUT2D eigenvalue weighted by molar-refractivity contribution is 0.122. The van der Waals surface area contributed by atoms with Crippen molar-refractivity contribution in [2.75, 3.05) is 36.5 Å². The lowest BCUT2D eigenvalue weighted by atomic mass is 10.0. The topological polar surface area (TPSA) is 105 Å². The van der Waals surface area contributed by atoms with Crippen LogP contribution >= 0.6 is 0 Å². The molecule has 156 valence electrons. The zero-order valence-electron chi connectivity index (χ0n) is 17.0. The minimum atomic E-state index is 0.517. The highest BCUT2D eigenvalue weighted by molar-refractivity contribution is 6.01. The predicted octanol–water partition coefficient (Wildman–Crippen LogP) is 2.89. The average molecular weight is 414 g/mol. The number of hydrogen-bond donors (Lipinski definition) is 2. The van der Waals surface area contributed by atoms with Crippen LogP contribution < -0.4 is 10.2 Å². The molecule has 0 amide bonds. The summed E-state index contributed by atoms with van der Waals surface area (Å²) in [5.74, 6) is 1.58. The molecule has 4 aromatic rings. The van der Waals surface area contributed by atoms with E-state index >= 15 is 0 Å². The number of ether oxygens (including phenoxy) is 1. The van der Waals surface area contributed by atoms with Crippen LogP contribution in [0.1, 0.15) is 12.8 Å². The Morgan fingerprint density at radius 2 is 1.87 bits per heavy atom. The van der Waals surface area contributed by atoms with Crippen molar-refractivity contribution in [1.29, 1.82) is 0 Å². The van der Waals surface area contributed by atoms with E-state index in [0.717, 1.165) is 52.3 Å². The number of anilines is 2. The highest BCUT2D eigenvalue weighted by Gasteiger charge is 2.22. The number of morpholine rings is 1. The molecule has 1 saturated heterocycles. The smallest absolute Gasteiger partial charge is 0.222 e. The summed E-state index contributed by atoms with van der Waals surface area (Å²) in [5.41, 5.74) is 4.42. The van der Waals surface area contributed by atoms with Crippen molar-refractivity contribution >= 4 is 22.7 Å². The number of hydrogen-bond acceptors (Lipinski definition) is 8. The van der Waals surface area contributed by atoms with Gasteiger partial charge >= 0.3 is 0 Å². The van der Waals surface area contributed by atoms with Crippen molar-refractivity contribution in [3.05, 3.63) is 43.0 Å². The summed E-state index contributed by atoms with van der Waals surface area (Å²) in [4.78, 5) is 21.0. The molecule has 1 saturated carbocycles. The van der Waals surface area contributed by atoms with Gasteiger partial charge in [-0.05, 0) is 36.6 Å². The predicted molar refractivity (Wildman–Crippen MR) is 118 cm³/mol. The molecule has 1 aliphatic carbocycles. The maximum Gasteiger partial charge on any atom is 0.222 e. The summed E-state index contributed by atoms with van der Waals surface area (Å²) >= 11 is 0. The minimum absolute atomic E-state index is 0.517. The molecule has 4 aromatic heterocycles. The molecule has 0 atom stereocenters. The van der Waals surface area contributed by atoms with Crippen molar-refractivity contribution in [1.82, 2.24) is 30.1 Å². The van der Waals surface area contributed by atoms with Gasteiger partial charge in [-0.2, -0.15) is 5.10 Å². The summed E-state index contributed by atoms with van der Waals surface area (Å²) < 4.78 is 5.53. The standard InChI is InChI=1S/C22H22N8O/c1-2-15(1)27-22-24-12-14(13-25-22)17-11-19(30-7-9-31-10-8-30)28-20-16(17)3-5-23-21(20)18-4-6-26-29-18/h3-6,11-13,15H,1-2,7-10H2,(H,26,29)(H,24,25,27). The zero-order valence-corrected chi connectivity index (χ0v) is 17.0. The molecule has 0 radical (unpaired) electrons. The van der Waals surface area contributed by atoms with Gasteiger partial charge in [0.2, 0.25) is 5.95 Å².